The fraction of sp³-hybridized carbons (Fsp3) is 0.408. The number of phenolic OH excluding ortho intramolecular Hbond substituents is 4. The van der Waals surface area contributed by atoms with E-state index in [9.17, 15) is 57.6 Å². The van der Waals surface area contributed by atoms with Crippen molar-refractivity contribution in [1.29, 1.82) is 0 Å². The van der Waals surface area contributed by atoms with Gasteiger partial charge in [0.1, 0.15) is 23.0 Å². The summed E-state index contributed by atoms with van der Waals surface area (Å²) in [6.07, 6.45) is 1.97. The third kappa shape index (κ3) is 23.5. The molecule has 0 fully saturated rings. The van der Waals surface area contributed by atoms with Crippen LogP contribution in [0.4, 0.5) is 27.6 Å². The van der Waals surface area contributed by atoms with E-state index in [-0.39, 0.29) is 72.7 Å². The van der Waals surface area contributed by atoms with Crippen LogP contribution in [0.25, 0.3) is 10.9 Å². The monoisotopic (exact) mass is 1280 g/mol. The Labute approximate surface area is 543 Å². The quantitative estimate of drug-likeness (QED) is 0.0285. The molecule has 0 atom stereocenters. The number of pyridine rings is 1. The van der Waals surface area contributed by atoms with Crippen molar-refractivity contribution < 1.29 is 61.9 Å². The lowest BCUT2D eigenvalue weighted by Gasteiger charge is -2.23. The highest BCUT2D eigenvalue weighted by Crippen LogP contribution is 2.39. The number of phenols is 4. The fourth-order valence-electron chi connectivity index (χ4n) is 9.16. The van der Waals surface area contributed by atoms with E-state index in [0.29, 0.717) is 5.56 Å². The van der Waals surface area contributed by atoms with Gasteiger partial charge in [0.2, 0.25) is 5.82 Å². The number of aromatic nitrogens is 1. The molecule has 0 spiro atoms. The molecule has 1 aromatic heterocycles. The maximum atomic E-state index is 13.2. The van der Waals surface area contributed by atoms with Crippen LogP contribution in [0.3, 0.4) is 0 Å². The molecule has 0 saturated heterocycles. The van der Waals surface area contributed by atoms with Gasteiger partial charge in [0.05, 0.1) is 31.3 Å². The van der Waals surface area contributed by atoms with Gasteiger partial charge in [-0.3, -0.25) is 15.1 Å². The SMILES string of the molecule is CC(C)(C)c1c(F)c(F)c(F)c(F)c1F.CC(C)(C)c1c(O)cccc1O.CC(C)(C)c1cccc(O)c1O.CC(C)(C)c1ccccc1[N+](=O)[O-].CC(C)(C)c1cnc2ccccc2c1.COc1cccc(C(C)(C)C)c1.COc1cccc(C(C)(C)C)c1CO. The molecular formula is C76H99F5N2O9. The molecule has 16 heteroatoms. The molecule has 502 valence electrons. The summed E-state index contributed by atoms with van der Waals surface area (Å²) in [5, 5.41) is 58.8. The Morgan fingerprint density at radius 2 is 0.859 bits per heavy atom. The molecule has 1 heterocycles. The second-order valence-corrected chi connectivity index (χ2v) is 29.1. The number of halogens is 5. The summed E-state index contributed by atoms with van der Waals surface area (Å²) in [5.41, 5.74) is 5.98. The van der Waals surface area contributed by atoms with Gasteiger partial charge >= 0.3 is 0 Å². The molecule has 0 radical (unpaired) electrons. The third-order valence-electron chi connectivity index (χ3n) is 14.2. The number of nitrogens with zero attached hydrogens (tertiary/aromatic N) is 2. The predicted molar refractivity (Wildman–Crippen MR) is 363 cm³/mol. The van der Waals surface area contributed by atoms with E-state index in [1.54, 1.807) is 56.7 Å². The van der Waals surface area contributed by atoms with Crippen molar-refractivity contribution in [3.8, 4) is 34.5 Å². The van der Waals surface area contributed by atoms with Crippen molar-refractivity contribution in [3.05, 3.63) is 223 Å². The number of aliphatic hydroxyl groups excluding tert-OH is 1. The third-order valence-corrected chi connectivity index (χ3v) is 14.2. The molecule has 0 bridgehead atoms. The molecule has 0 unspecified atom stereocenters. The molecule has 5 N–H and O–H groups in total. The van der Waals surface area contributed by atoms with Gasteiger partial charge in [-0.2, -0.15) is 0 Å². The Morgan fingerprint density at radius 1 is 0.435 bits per heavy atom. The van der Waals surface area contributed by atoms with Gasteiger partial charge in [-0.15, -0.1) is 0 Å². The van der Waals surface area contributed by atoms with Gasteiger partial charge in [-0.1, -0.05) is 224 Å². The predicted octanol–water partition coefficient (Wildman–Crippen LogP) is 20.4. The highest BCUT2D eigenvalue weighted by atomic mass is 19.2. The van der Waals surface area contributed by atoms with E-state index in [1.165, 1.54) is 43.4 Å². The Kier molecular flexibility index (Phi) is 28.5. The van der Waals surface area contributed by atoms with E-state index in [0.717, 1.165) is 39.3 Å². The number of ether oxygens (including phenoxy) is 2. The van der Waals surface area contributed by atoms with Gasteiger partial charge in [-0.25, -0.2) is 22.0 Å². The van der Waals surface area contributed by atoms with Crippen molar-refractivity contribution in [2.24, 2.45) is 0 Å². The highest BCUT2D eigenvalue weighted by molar-refractivity contribution is 5.79. The minimum atomic E-state index is -2.13. The number of benzene rings is 7. The second kappa shape index (κ2) is 32.9. The van der Waals surface area contributed by atoms with Crippen molar-refractivity contribution in [2.45, 2.75) is 190 Å². The van der Waals surface area contributed by atoms with Crippen molar-refractivity contribution in [1.82, 2.24) is 4.98 Å². The van der Waals surface area contributed by atoms with Gasteiger partial charge in [0, 0.05) is 45.5 Å². The molecule has 0 aliphatic carbocycles. The molecule has 7 aromatic carbocycles. The second-order valence-electron chi connectivity index (χ2n) is 29.1. The Hall–Kier alpha value is -8.24. The largest absolute Gasteiger partial charge is 0.508 e. The molecule has 0 aliphatic heterocycles. The Bertz CT molecular complexity index is 3640. The summed E-state index contributed by atoms with van der Waals surface area (Å²) in [6, 6.07) is 41.2. The molecule has 8 rings (SSSR count). The average Bonchev–Trinajstić information content (AvgIpc) is 1.01. The molecule has 0 saturated carbocycles. The van der Waals surface area contributed by atoms with E-state index in [4.69, 9.17) is 9.47 Å². The smallest absolute Gasteiger partial charge is 0.273 e. The van der Waals surface area contributed by atoms with E-state index in [2.05, 4.69) is 97.6 Å². The molecule has 0 aliphatic rings. The maximum absolute atomic E-state index is 13.2. The van der Waals surface area contributed by atoms with Gasteiger partial charge < -0.3 is 35.0 Å². The van der Waals surface area contributed by atoms with Crippen LogP contribution >= 0.6 is 0 Å². The van der Waals surface area contributed by atoms with Crippen LogP contribution in [0, 0.1) is 39.2 Å². The van der Waals surface area contributed by atoms with E-state index >= 15 is 0 Å². The lowest BCUT2D eigenvalue weighted by atomic mass is 9.83. The maximum Gasteiger partial charge on any atom is 0.273 e. The first-order valence-corrected chi connectivity index (χ1v) is 30.1. The number of para-hydroxylation sites is 3. The number of methoxy groups -OCH3 is 2. The van der Waals surface area contributed by atoms with Crippen molar-refractivity contribution in [2.75, 3.05) is 14.2 Å². The summed E-state index contributed by atoms with van der Waals surface area (Å²) >= 11 is 0. The molecule has 92 heavy (non-hydrogen) atoms. The van der Waals surface area contributed by atoms with Crippen LogP contribution in [0.5, 0.6) is 34.5 Å². The number of aromatic hydroxyl groups is 4. The standard InChI is InChI=1S/C13H15N.C12H18O2.C11H16O.C10H9F5.C10H13NO2.2C10H14O2/c1-13(2,3)11-8-10-6-4-5-7-12(10)14-9-11;1-12(2,3)10-6-5-7-11(14-4)9(10)8-13;1-11(2,3)9-6-5-7-10(8-9)12-4;1-10(2,3)4-5(11)7(13)9(15)8(14)6(4)12;1-10(2,3)8-6-4-5-7-9(8)11(12)13;1-10(2,3)9-7(11)5-4-6-8(9)12;1-10(2,3)7-5-4-6-8(11)9(7)12/h4-9H,1-3H3;5-7,13H,8H2,1-4H3;5-8H,1-4H3;1-3H3;4-7H,1-3H3;2*4-6,11-12H,1-3H3. The van der Waals surface area contributed by atoms with Crippen LogP contribution < -0.4 is 9.47 Å². The Morgan fingerprint density at radius 3 is 1.28 bits per heavy atom. The lowest BCUT2D eigenvalue weighted by Crippen LogP contribution is -2.20. The first kappa shape index (κ1) is 79.9. The van der Waals surface area contributed by atoms with Gasteiger partial charge in [-0.05, 0) is 103 Å². The molecule has 8 aromatic rings. The van der Waals surface area contributed by atoms with Crippen LogP contribution in [0.15, 0.2) is 140 Å². The van der Waals surface area contributed by atoms with E-state index < -0.39 is 40.1 Å². The summed E-state index contributed by atoms with van der Waals surface area (Å²) < 4.78 is 74.9. The van der Waals surface area contributed by atoms with Crippen LogP contribution in [0.2, 0.25) is 0 Å². The minimum Gasteiger partial charge on any atom is -0.508 e. The van der Waals surface area contributed by atoms with E-state index in [1.807, 2.05) is 123 Å². The van der Waals surface area contributed by atoms with Crippen molar-refractivity contribution in [3.63, 3.8) is 0 Å². The van der Waals surface area contributed by atoms with Crippen molar-refractivity contribution >= 4 is 16.6 Å². The van der Waals surface area contributed by atoms with Gasteiger partial charge in [0.25, 0.3) is 5.69 Å². The lowest BCUT2D eigenvalue weighted by molar-refractivity contribution is -0.386. The summed E-state index contributed by atoms with van der Waals surface area (Å²) in [5.74, 6) is -7.52. The highest BCUT2D eigenvalue weighted by Gasteiger charge is 2.32. The zero-order valence-corrected chi connectivity index (χ0v) is 58.1. The zero-order valence-electron chi connectivity index (χ0n) is 58.1. The van der Waals surface area contributed by atoms with Gasteiger partial charge in [0.15, 0.2) is 34.8 Å². The summed E-state index contributed by atoms with van der Waals surface area (Å²) in [6.45, 7) is 41.4. The zero-order chi connectivity index (χ0) is 70.9. The van der Waals surface area contributed by atoms with Crippen LogP contribution in [-0.2, 0) is 44.5 Å². The Balaban J connectivity index is 0.000000366. The minimum absolute atomic E-state index is 0.00926. The molecule has 0 amide bonds. The number of nitro groups is 1. The number of nitro benzene ring substituents is 1. The number of rotatable bonds is 4. The topological polar surface area (TPSA) is 176 Å². The number of hydrogen-bond donors (Lipinski definition) is 5. The number of fused-ring (bicyclic) bond motifs is 1. The molecular weight excluding hydrogens is 1180 g/mol. The fourth-order valence-corrected chi connectivity index (χ4v) is 9.16. The average molecular weight is 1280 g/mol. The number of aliphatic hydroxyl groups is 1. The summed E-state index contributed by atoms with van der Waals surface area (Å²) in [4.78, 5) is 14.8. The first-order chi connectivity index (χ1) is 42.1. The van der Waals surface area contributed by atoms with Crippen LogP contribution in [-0.4, -0.2) is 49.7 Å². The first-order valence-electron chi connectivity index (χ1n) is 30.1. The van der Waals surface area contributed by atoms with Crippen LogP contribution in [0.1, 0.15) is 190 Å². The summed E-state index contributed by atoms with van der Waals surface area (Å²) in [7, 11) is 3.32. The normalized spacial score (nSPS) is 11.6. The number of hydrogen-bond acceptors (Lipinski definition) is 10. The molecule has 11 nitrogen and oxygen atoms in total.